The van der Waals surface area contributed by atoms with Crippen LogP contribution < -0.4 is 5.32 Å². The van der Waals surface area contributed by atoms with Gasteiger partial charge in [0.05, 0.1) is 0 Å². The molecular weight excluding hydrogens is 234 g/mol. The van der Waals surface area contributed by atoms with Gasteiger partial charge in [0, 0.05) is 17.8 Å². The molecule has 3 nitrogen and oxygen atoms in total. The molecule has 0 radical (unpaired) electrons. The molecule has 0 spiro atoms. The molecule has 102 valence electrons. The summed E-state index contributed by atoms with van der Waals surface area (Å²) in [6.45, 7) is 1.14. The number of hydrogen-bond donors (Lipinski definition) is 1. The average Bonchev–Trinajstić information content (AvgIpc) is 3.33. The van der Waals surface area contributed by atoms with Crippen molar-refractivity contribution in [3.63, 3.8) is 0 Å². The van der Waals surface area contributed by atoms with Crippen molar-refractivity contribution in [2.75, 3.05) is 11.9 Å². The van der Waals surface area contributed by atoms with Gasteiger partial charge in [0.2, 0.25) is 0 Å². The van der Waals surface area contributed by atoms with Crippen LogP contribution in [0.2, 0.25) is 0 Å². The highest BCUT2D eigenvalue weighted by Crippen LogP contribution is 2.49. The van der Waals surface area contributed by atoms with Crippen LogP contribution in [0.25, 0.3) is 0 Å². The highest BCUT2D eigenvalue weighted by Gasteiger charge is 2.41. The van der Waals surface area contributed by atoms with Gasteiger partial charge in [-0.25, -0.2) is 9.97 Å². The van der Waals surface area contributed by atoms with Crippen molar-refractivity contribution in [3.05, 3.63) is 17.6 Å². The first-order chi connectivity index (χ1) is 9.42. The third kappa shape index (κ3) is 2.47. The molecule has 0 bridgehead atoms. The molecule has 3 aliphatic rings. The van der Waals surface area contributed by atoms with Crippen molar-refractivity contribution in [3.8, 4) is 0 Å². The molecule has 1 aromatic heterocycles. The molecule has 0 unspecified atom stereocenters. The van der Waals surface area contributed by atoms with E-state index in [2.05, 4.69) is 15.3 Å². The van der Waals surface area contributed by atoms with Gasteiger partial charge in [-0.3, -0.25) is 0 Å². The summed E-state index contributed by atoms with van der Waals surface area (Å²) in [6, 6.07) is 0. The van der Waals surface area contributed by atoms with E-state index in [0.29, 0.717) is 0 Å². The number of fused-ring (bicyclic) bond motifs is 1. The molecule has 0 amide bonds. The Hall–Kier alpha value is -1.12. The third-order valence-corrected chi connectivity index (χ3v) is 5.09. The molecule has 2 saturated carbocycles. The Bertz CT molecular complexity index is 451. The SMILES string of the molecule is c1nc2c(c(NCC(C3CC3)C3CC3)n1)CCCC2. The number of hydrogen-bond acceptors (Lipinski definition) is 3. The van der Waals surface area contributed by atoms with E-state index in [1.807, 2.05) is 0 Å². The van der Waals surface area contributed by atoms with Crippen molar-refractivity contribution in [1.82, 2.24) is 9.97 Å². The van der Waals surface area contributed by atoms with Crippen LogP contribution in [-0.4, -0.2) is 16.5 Å². The predicted molar refractivity (Wildman–Crippen MR) is 76.1 cm³/mol. The first-order valence-electron chi connectivity index (χ1n) is 7.98. The van der Waals surface area contributed by atoms with Gasteiger partial charge in [0.15, 0.2) is 0 Å². The molecule has 1 N–H and O–H groups in total. The molecule has 2 fully saturated rings. The summed E-state index contributed by atoms with van der Waals surface area (Å²) in [6.07, 6.45) is 12.5. The predicted octanol–water partition coefficient (Wildman–Crippen LogP) is 3.20. The molecule has 3 aliphatic carbocycles. The summed E-state index contributed by atoms with van der Waals surface area (Å²) in [4.78, 5) is 8.95. The highest BCUT2D eigenvalue weighted by molar-refractivity contribution is 5.47. The van der Waals surface area contributed by atoms with Gasteiger partial charge in [-0.1, -0.05) is 0 Å². The van der Waals surface area contributed by atoms with E-state index >= 15 is 0 Å². The summed E-state index contributed by atoms with van der Waals surface area (Å²) in [5, 5.41) is 3.66. The molecule has 1 aromatic rings. The third-order valence-electron chi connectivity index (χ3n) is 5.09. The van der Waals surface area contributed by atoms with Gasteiger partial charge in [-0.05, 0) is 69.1 Å². The second-order valence-electron chi connectivity index (χ2n) is 6.57. The lowest BCUT2D eigenvalue weighted by molar-refractivity contribution is 0.427. The number of anilines is 1. The van der Waals surface area contributed by atoms with E-state index in [1.165, 1.54) is 49.8 Å². The minimum absolute atomic E-state index is 0.911. The quantitative estimate of drug-likeness (QED) is 0.880. The fourth-order valence-corrected chi connectivity index (χ4v) is 3.66. The lowest BCUT2D eigenvalue weighted by atomic mass is 9.95. The van der Waals surface area contributed by atoms with Gasteiger partial charge in [-0.15, -0.1) is 0 Å². The second-order valence-corrected chi connectivity index (χ2v) is 6.57. The molecule has 1 heterocycles. The van der Waals surface area contributed by atoms with Crippen molar-refractivity contribution >= 4 is 5.82 Å². The van der Waals surface area contributed by atoms with E-state index in [1.54, 1.807) is 6.33 Å². The Labute approximate surface area is 115 Å². The van der Waals surface area contributed by atoms with Gasteiger partial charge >= 0.3 is 0 Å². The van der Waals surface area contributed by atoms with Crippen LogP contribution in [0, 0.1) is 17.8 Å². The van der Waals surface area contributed by atoms with E-state index in [9.17, 15) is 0 Å². The van der Waals surface area contributed by atoms with Gasteiger partial charge < -0.3 is 5.32 Å². The maximum atomic E-state index is 4.50. The molecule has 4 rings (SSSR count). The molecule has 0 atom stereocenters. The molecule has 0 saturated heterocycles. The minimum Gasteiger partial charge on any atom is -0.369 e. The summed E-state index contributed by atoms with van der Waals surface area (Å²) in [5.74, 6) is 4.07. The second kappa shape index (κ2) is 4.77. The smallest absolute Gasteiger partial charge is 0.132 e. The average molecular weight is 257 g/mol. The lowest BCUT2D eigenvalue weighted by Crippen LogP contribution is -2.20. The van der Waals surface area contributed by atoms with Crippen LogP contribution in [0.1, 0.15) is 49.8 Å². The molecular formula is C16H23N3. The Balaban J connectivity index is 1.47. The molecule has 0 aliphatic heterocycles. The van der Waals surface area contributed by atoms with Gasteiger partial charge in [0.1, 0.15) is 12.1 Å². The zero-order chi connectivity index (χ0) is 12.7. The first-order valence-corrected chi connectivity index (χ1v) is 7.98. The maximum Gasteiger partial charge on any atom is 0.132 e. The zero-order valence-electron chi connectivity index (χ0n) is 11.6. The van der Waals surface area contributed by atoms with E-state index in [0.717, 1.165) is 43.0 Å². The van der Waals surface area contributed by atoms with Crippen LogP contribution in [0.15, 0.2) is 6.33 Å². The fraction of sp³-hybridized carbons (Fsp3) is 0.750. The molecule has 0 aromatic carbocycles. The molecule has 19 heavy (non-hydrogen) atoms. The summed E-state index contributed by atoms with van der Waals surface area (Å²) >= 11 is 0. The summed E-state index contributed by atoms with van der Waals surface area (Å²) in [5.41, 5.74) is 2.69. The number of aryl methyl sites for hydroxylation is 1. The van der Waals surface area contributed by atoms with E-state index < -0.39 is 0 Å². The Kier molecular flexibility index (Phi) is 2.93. The highest BCUT2D eigenvalue weighted by atomic mass is 15.0. The first kappa shape index (κ1) is 11.7. The normalized spacial score (nSPS) is 22.4. The van der Waals surface area contributed by atoms with Crippen molar-refractivity contribution < 1.29 is 0 Å². The van der Waals surface area contributed by atoms with E-state index in [4.69, 9.17) is 0 Å². The van der Waals surface area contributed by atoms with Crippen LogP contribution in [0.4, 0.5) is 5.82 Å². The summed E-state index contributed by atoms with van der Waals surface area (Å²) in [7, 11) is 0. The largest absolute Gasteiger partial charge is 0.369 e. The van der Waals surface area contributed by atoms with Gasteiger partial charge in [0.25, 0.3) is 0 Å². The monoisotopic (exact) mass is 257 g/mol. The number of nitrogens with one attached hydrogen (secondary N) is 1. The van der Waals surface area contributed by atoms with Crippen molar-refractivity contribution in [1.29, 1.82) is 0 Å². The number of nitrogens with zero attached hydrogens (tertiary/aromatic N) is 2. The fourth-order valence-electron chi connectivity index (χ4n) is 3.66. The Morgan fingerprint density at radius 3 is 2.53 bits per heavy atom. The van der Waals surface area contributed by atoms with Gasteiger partial charge in [-0.2, -0.15) is 0 Å². The maximum absolute atomic E-state index is 4.50. The number of rotatable bonds is 5. The van der Waals surface area contributed by atoms with Crippen LogP contribution >= 0.6 is 0 Å². The van der Waals surface area contributed by atoms with Crippen LogP contribution in [-0.2, 0) is 12.8 Å². The topological polar surface area (TPSA) is 37.8 Å². The Morgan fingerprint density at radius 2 is 1.79 bits per heavy atom. The van der Waals surface area contributed by atoms with Crippen LogP contribution in [0.3, 0.4) is 0 Å². The zero-order valence-corrected chi connectivity index (χ0v) is 11.6. The molecule has 3 heteroatoms. The minimum atomic E-state index is 0.911. The van der Waals surface area contributed by atoms with Crippen molar-refractivity contribution in [2.24, 2.45) is 17.8 Å². The van der Waals surface area contributed by atoms with E-state index in [-0.39, 0.29) is 0 Å². The van der Waals surface area contributed by atoms with Crippen LogP contribution in [0.5, 0.6) is 0 Å². The lowest BCUT2D eigenvalue weighted by Gasteiger charge is -2.21. The Morgan fingerprint density at radius 1 is 1.05 bits per heavy atom. The summed E-state index contributed by atoms with van der Waals surface area (Å²) < 4.78 is 0. The van der Waals surface area contributed by atoms with Crippen molar-refractivity contribution in [2.45, 2.75) is 51.4 Å². The standard InChI is InChI=1S/C16H23N3/c1-2-4-15-13(3-1)16(19-10-18-15)17-9-14(11-5-6-11)12-7-8-12/h10-12,14H,1-9H2,(H,17,18,19). The number of aromatic nitrogens is 2.